The Balaban J connectivity index is 2.28. The molecule has 0 aliphatic rings. The van der Waals surface area contributed by atoms with Crippen molar-refractivity contribution < 1.29 is 18.0 Å². The van der Waals surface area contributed by atoms with Gasteiger partial charge in [0.15, 0.2) is 0 Å². The van der Waals surface area contributed by atoms with Crippen molar-refractivity contribution in [1.82, 2.24) is 9.55 Å². The first kappa shape index (κ1) is 21.0. The Bertz CT molecular complexity index is 816. The molecule has 0 atom stereocenters. The standard InChI is InChI=1S/C18H20ClF3N4O/c1-2-3-6-11-27-25-17(18(20,21)22)24-16-7-4-5-10-26(16)13-14-8-9-15(19)23-12-14/h4-5,7-10,12H,2-3,6,11,13H2,1H3/b24-16-,25-17+. The number of hydrogen-bond donors (Lipinski definition) is 0. The second-order valence-corrected chi connectivity index (χ2v) is 6.13. The van der Waals surface area contributed by atoms with E-state index in [0.717, 1.165) is 18.4 Å². The predicted molar refractivity (Wildman–Crippen MR) is 97.3 cm³/mol. The molecule has 146 valence electrons. The second-order valence-electron chi connectivity index (χ2n) is 5.74. The Morgan fingerprint density at radius 2 is 2.04 bits per heavy atom. The van der Waals surface area contributed by atoms with Gasteiger partial charge in [0.25, 0.3) is 5.84 Å². The molecule has 0 bridgehead atoms. The van der Waals surface area contributed by atoms with Crippen molar-refractivity contribution in [3.05, 3.63) is 58.9 Å². The summed E-state index contributed by atoms with van der Waals surface area (Å²) in [7, 11) is 0. The predicted octanol–water partition coefficient (Wildman–Crippen LogP) is 4.57. The maximum atomic E-state index is 13.2. The molecular weight excluding hydrogens is 381 g/mol. The van der Waals surface area contributed by atoms with Gasteiger partial charge in [0.05, 0.1) is 6.54 Å². The fourth-order valence-electron chi connectivity index (χ4n) is 2.17. The van der Waals surface area contributed by atoms with Crippen LogP contribution in [-0.4, -0.2) is 28.2 Å². The van der Waals surface area contributed by atoms with Gasteiger partial charge < -0.3 is 9.40 Å². The number of unbranched alkanes of at least 4 members (excludes halogenated alkanes) is 2. The minimum atomic E-state index is -4.72. The number of oxime groups is 1. The van der Waals surface area contributed by atoms with E-state index >= 15 is 0 Å². The van der Waals surface area contributed by atoms with E-state index in [1.165, 1.54) is 6.07 Å². The highest BCUT2D eigenvalue weighted by molar-refractivity contribution is 6.29. The summed E-state index contributed by atoms with van der Waals surface area (Å²) in [6.07, 6.45) is 0.903. The van der Waals surface area contributed by atoms with Crippen LogP contribution in [0.4, 0.5) is 13.2 Å². The molecule has 0 fully saturated rings. The number of hydrogen-bond acceptors (Lipinski definition) is 3. The average Bonchev–Trinajstić information content (AvgIpc) is 2.63. The highest BCUT2D eigenvalue weighted by Gasteiger charge is 2.37. The van der Waals surface area contributed by atoms with Crippen LogP contribution in [-0.2, 0) is 11.4 Å². The third-order valence-corrected chi connectivity index (χ3v) is 3.75. The molecule has 0 unspecified atom stereocenters. The van der Waals surface area contributed by atoms with Crippen molar-refractivity contribution in [3.8, 4) is 0 Å². The van der Waals surface area contributed by atoms with Crippen molar-refractivity contribution >= 4 is 17.4 Å². The fourth-order valence-corrected chi connectivity index (χ4v) is 2.28. The molecule has 0 radical (unpaired) electrons. The van der Waals surface area contributed by atoms with Gasteiger partial charge >= 0.3 is 6.18 Å². The van der Waals surface area contributed by atoms with E-state index in [-0.39, 0.29) is 18.6 Å². The van der Waals surface area contributed by atoms with Crippen molar-refractivity contribution in [2.24, 2.45) is 10.1 Å². The lowest BCUT2D eigenvalue weighted by molar-refractivity contribution is -0.0635. The lowest BCUT2D eigenvalue weighted by Gasteiger charge is -2.09. The Kier molecular flexibility index (Phi) is 7.84. The molecule has 2 aromatic heterocycles. The van der Waals surface area contributed by atoms with E-state index in [1.54, 1.807) is 41.2 Å². The first-order valence-electron chi connectivity index (χ1n) is 8.48. The van der Waals surface area contributed by atoms with Gasteiger partial charge in [-0.05, 0) is 30.2 Å². The Morgan fingerprint density at radius 1 is 1.22 bits per heavy atom. The van der Waals surface area contributed by atoms with Gasteiger partial charge in [0, 0.05) is 12.4 Å². The quantitative estimate of drug-likeness (QED) is 0.225. The number of aromatic nitrogens is 2. The first-order chi connectivity index (χ1) is 12.9. The van der Waals surface area contributed by atoms with E-state index in [4.69, 9.17) is 16.4 Å². The highest BCUT2D eigenvalue weighted by atomic mass is 35.5. The van der Waals surface area contributed by atoms with Crippen LogP contribution in [0.2, 0.25) is 5.15 Å². The normalized spacial score (nSPS) is 13.1. The Morgan fingerprint density at radius 3 is 2.70 bits per heavy atom. The summed E-state index contributed by atoms with van der Waals surface area (Å²) in [6, 6.07) is 8.14. The molecule has 27 heavy (non-hydrogen) atoms. The fraction of sp³-hybridized carbons (Fsp3) is 0.389. The minimum Gasteiger partial charge on any atom is -0.394 e. The van der Waals surface area contributed by atoms with Gasteiger partial charge in [-0.25, -0.2) is 9.98 Å². The van der Waals surface area contributed by atoms with Crippen molar-refractivity contribution in [1.29, 1.82) is 0 Å². The summed E-state index contributed by atoms with van der Waals surface area (Å²) in [5, 5.41) is 3.54. The van der Waals surface area contributed by atoms with Crippen LogP contribution < -0.4 is 5.49 Å². The molecule has 2 heterocycles. The molecule has 0 amide bonds. The van der Waals surface area contributed by atoms with E-state index in [1.807, 2.05) is 6.92 Å². The molecule has 0 aliphatic heterocycles. The lowest BCUT2D eigenvalue weighted by Crippen LogP contribution is -2.28. The number of amidine groups is 1. The molecule has 2 aromatic rings. The van der Waals surface area contributed by atoms with E-state index in [0.29, 0.717) is 11.6 Å². The van der Waals surface area contributed by atoms with E-state index in [9.17, 15) is 13.2 Å². The molecular formula is C18H20ClF3N4O. The van der Waals surface area contributed by atoms with Crippen LogP contribution in [0.25, 0.3) is 0 Å². The third-order valence-electron chi connectivity index (χ3n) is 3.52. The average molecular weight is 401 g/mol. The molecule has 5 nitrogen and oxygen atoms in total. The maximum absolute atomic E-state index is 13.2. The molecule has 0 saturated heterocycles. The zero-order chi connectivity index (χ0) is 19.7. The largest absolute Gasteiger partial charge is 0.455 e. The SMILES string of the molecule is CCCCCO/N=C(/N=c1/ccccn1Cc1ccc(Cl)nc1)C(F)(F)F. The van der Waals surface area contributed by atoms with Crippen LogP contribution in [0.3, 0.4) is 0 Å². The minimum absolute atomic E-state index is 0.0979. The summed E-state index contributed by atoms with van der Waals surface area (Å²) < 4.78 is 41.3. The van der Waals surface area contributed by atoms with Gasteiger partial charge in [-0.2, -0.15) is 13.2 Å². The molecule has 0 N–H and O–H groups in total. The zero-order valence-electron chi connectivity index (χ0n) is 14.8. The molecule has 2 rings (SSSR count). The number of nitrogens with zero attached hydrogens (tertiary/aromatic N) is 4. The van der Waals surface area contributed by atoms with E-state index < -0.39 is 12.0 Å². The van der Waals surface area contributed by atoms with Crippen LogP contribution in [0.1, 0.15) is 31.7 Å². The van der Waals surface area contributed by atoms with E-state index in [2.05, 4.69) is 15.1 Å². The molecule has 0 aromatic carbocycles. The van der Waals surface area contributed by atoms with Crippen molar-refractivity contribution in [3.63, 3.8) is 0 Å². The van der Waals surface area contributed by atoms with Gasteiger partial charge in [-0.3, -0.25) is 0 Å². The van der Waals surface area contributed by atoms with Crippen LogP contribution in [0.5, 0.6) is 0 Å². The highest BCUT2D eigenvalue weighted by Crippen LogP contribution is 2.18. The molecule has 9 heteroatoms. The van der Waals surface area contributed by atoms with Crippen LogP contribution in [0.15, 0.2) is 52.9 Å². The monoisotopic (exact) mass is 400 g/mol. The molecule has 0 spiro atoms. The van der Waals surface area contributed by atoms with Crippen molar-refractivity contribution in [2.45, 2.75) is 38.9 Å². The van der Waals surface area contributed by atoms with Gasteiger partial charge in [0.2, 0.25) is 0 Å². The van der Waals surface area contributed by atoms with Gasteiger partial charge in [-0.15, -0.1) is 0 Å². The molecule has 0 aliphatic carbocycles. The summed E-state index contributed by atoms with van der Waals surface area (Å²) in [6.45, 7) is 2.39. The Labute approximate surface area is 160 Å². The first-order valence-corrected chi connectivity index (χ1v) is 8.85. The topological polar surface area (TPSA) is 51.8 Å². The van der Waals surface area contributed by atoms with Gasteiger partial charge in [-0.1, -0.05) is 48.7 Å². The zero-order valence-corrected chi connectivity index (χ0v) is 15.5. The van der Waals surface area contributed by atoms with Gasteiger partial charge in [0.1, 0.15) is 17.2 Å². The number of halogens is 4. The van der Waals surface area contributed by atoms with Crippen LogP contribution in [0, 0.1) is 0 Å². The van der Waals surface area contributed by atoms with Crippen molar-refractivity contribution in [2.75, 3.05) is 6.61 Å². The Hall–Kier alpha value is -2.35. The smallest absolute Gasteiger partial charge is 0.394 e. The van der Waals surface area contributed by atoms with Crippen LogP contribution >= 0.6 is 11.6 Å². The summed E-state index contributed by atoms with van der Waals surface area (Å²) in [5.74, 6) is -1.33. The lowest BCUT2D eigenvalue weighted by atomic mass is 10.3. The number of rotatable bonds is 7. The number of pyridine rings is 2. The second kappa shape index (κ2) is 10.1. The third kappa shape index (κ3) is 7.05. The number of alkyl halides is 3. The molecule has 0 saturated carbocycles. The maximum Gasteiger partial charge on any atom is 0.455 e. The summed E-state index contributed by atoms with van der Waals surface area (Å²) in [4.78, 5) is 12.5. The summed E-state index contributed by atoms with van der Waals surface area (Å²) in [5.41, 5.74) is 0.869. The summed E-state index contributed by atoms with van der Waals surface area (Å²) >= 11 is 5.75.